The van der Waals surface area contributed by atoms with Crippen LogP contribution in [-0.4, -0.2) is 5.11 Å². The minimum absolute atomic E-state index is 0.282. The molecule has 2 aromatic rings. The average molecular weight is 330 g/mol. The van der Waals surface area contributed by atoms with Gasteiger partial charge in [-0.05, 0) is 39.7 Å². The van der Waals surface area contributed by atoms with Crippen LogP contribution in [0.3, 0.4) is 0 Å². The van der Waals surface area contributed by atoms with Crippen molar-refractivity contribution >= 4 is 27.5 Å². The molecule has 0 aliphatic carbocycles. The molecule has 0 aliphatic heterocycles. The number of aliphatic hydroxyl groups is 1. The number of rotatable bonds is 3. The second-order valence-corrected chi connectivity index (χ2v) is 5.28. The van der Waals surface area contributed by atoms with Crippen LogP contribution in [0.15, 0.2) is 46.9 Å². The van der Waals surface area contributed by atoms with Crippen molar-refractivity contribution in [1.29, 1.82) is 0 Å². The number of hydrogen-bond acceptors (Lipinski definition) is 1. The van der Waals surface area contributed by atoms with Crippen LogP contribution in [0.1, 0.15) is 17.2 Å². The SMILES string of the molecule is OC(Cc1cccc(Cl)c1)c1cccc(Br)c1F. The van der Waals surface area contributed by atoms with Gasteiger partial charge in [0.1, 0.15) is 5.82 Å². The topological polar surface area (TPSA) is 20.2 Å². The van der Waals surface area contributed by atoms with Crippen LogP contribution in [0, 0.1) is 5.82 Å². The van der Waals surface area contributed by atoms with Crippen LogP contribution in [0.25, 0.3) is 0 Å². The molecule has 0 saturated heterocycles. The molecule has 0 amide bonds. The van der Waals surface area contributed by atoms with Crippen molar-refractivity contribution in [3.05, 3.63) is 68.9 Å². The number of hydrogen-bond donors (Lipinski definition) is 1. The first-order valence-electron chi connectivity index (χ1n) is 5.44. The van der Waals surface area contributed by atoms with E-state index in [4.69, 9.17) is 11.6 Å². The lowest BCUT2D eigenvalue weighted by atomic mass is 10.0. The van der Waals surface area contributed by atoms with Crippen LogP contribution in [0.5, 0.6) is 0 Å². The van der Waals surface area contributed by atoms with Gasteiger partial charge in [-0.15, -0.1) is 0 Å². The third-order valence-corrected chi connectivity index (χ3v) is 3.51. The van der Waals surface area contributed by atoms with Gasteiger partial charge in [0.05, 0.1) is 10.6 Å². The molecular weight excluding hydrogens is 319 g/mol. The zero-order valence-corrected chi connectivity index (χ0v) is 11.7. The van der Waals surface area contributed by atoms with Gasteiger partial charge in [0.2, 0.25) is 0 Å². The summed E-state index contributed by atoms with van der Waals surface area (Å²) in [6.07, 6.45) is -0.561. The molecule has 0 saturated carbocycles. The van der Waals surface area contributed by atoms with E-state index in [0.29, 0.717) is 15.9 Å². The average Bonchev–Trinajstić information content (AvgIpc) is 2.32. The minimum atomic E-state index is -0.888. The maximum Gasteiger partial charge on any atom is 0.143 e. The summed E-state index contributed by atoms with van der Waals surface area (Å²) >= 11 is 8.97. The van der Waals surface area contributed by atoms with E-state index >= 15 is 0 Å². The highest BCUT2D eigenvalue weighted by atomic mass is 79.9. The van der Waals surface area contributed by atoms with Gasteiger partial charge < -0.3 is 5.11 Å². The number of halogens is 3. The molecular formula is C14H11BrClFO. The molecule has 94 valence electrons. The van der Waals surface area contributed by atoms with Crippen LogP contribution in [-0.2, 0) is 6.42 Å². The lowest BCUT2D eigenvalue weighted by Crippen LogP contribution is -2.04. The molecule has 0 heterocycles. The smallest absolute Gasteiger partial charge is 0.143 e. The van der Waals surface area contributed by atoms with Crippen molar-refractivity contribution in [2.45, 2.75) is 12.5 Å². The van der Waals surface area contributed by atoms with Gasteiger partial charge in [-0.3, -0.25) is 0 Å². The van der Waals surface area contributed by atoms with E-state index in [9.17, 15) is 9.50 Å². The van der Waals surface area contributed by atoms with Crippen LogP contribution < -0.4 is 0 Å². The molecule has 1 nitrogen and oxygen atoms in total. The zero-order chi connectivity index (χ0) is 13.1. The molecule has 0 radical (unpaired) electrons. The molecule has 0 aromatic heterocycles. The van der Waals surface area contributed by atoms with E-state index in [1.54, 1.807) is 30.3 Å². The molecule has 0 fully saturated rings. The monoisotopic (exact) mass is 328 g/mol. The van der Waals surface area contributed by atoms with E-state index in [0.717, 1.165) is 5.56 Å². The Morgan fingerprint density at radius 3 is 2.67 bits per heavy atom. The van der Waals surface area contributed by atoms with Crippen LogP contribution in [0.2, 0.25) is 5.02 Å². The lowest BCUT2D eigenvalue weighted by Gasteiger charge is -2.13. The highest BCUT2D eigenvalue weighted by Gasteiger charge is 2.15. The standard InChI is InChI=1S/C14H11BrClFO/c15-12-6-2-5-11(14(12)17)13(18)8-9-3-1-4-10(16)7-9/h1-7,13,18H,8H2. The van der Waals surface area contributed by atoms with Gasteiger partial charge in [0.15, 0.2) is 0 Å². The summed E-state index contributed by atoms with van der Waals surface area (Å²) in [4.78, 5) is 0. The quantitative estimate of drug-likeness (QED) is 0.878. The van der Waals surface area contributed by atoms with Gasteiger partial charge in [0, 0.05) is 17.0 Å². The zero-order valence-electron chi connectivity index (χ0n) is 9.41. The third-order valence-electron chi connectivity index (χ3n) is 2.66. The van der Waals surface area contributed by atoms with Crippen molar-refractivity contribution in [2.75, 3.05) is 0 Å². The van der Waals surface area contributed by atoms with Crippen molar-refractivity contribution in [3.8, 4) is 0 Å². The van der Waals surface area contributed by atoms with Crippen molar-refractivity contribution < 1.29 is 9.50 Å². The maximum absolute atomic E-state index is 13.8. The Hall–Kier alpha value is -0.900. The van der Waals surface area contributed by atoms with E-state index in [1.165, 1.54) is 0 Å². The first-order chi connectivity index (χ1) is 8.58. The van der Waals surface area contributed by atoms with E-state index < -0.39 is 11.9 Å². The normalized spacial score (nSPS) is 12.4. The summed E-state index contributed by atoms with van der Waals surface area (Å²) in [5.41, 5.74) is 1.15. The molecule has 4 heteroatoms. The Balaban J connectivity index is 2.22. The second-order valence-electron chi connectivity index (χ2n) is 3.99. The van der Waals surface area contributed by atoms with Gasteiger partial charge >= 0.3 is 0 Å². The molecule has 1 atom stereocenters. The Morgan fingerprint density at radius 2 is 1.94 bits per heavy atom. The van der Waals surface area contributed by atoms with E-state index in [2.05, 4.69) is 15.9 Å². The minimum Gasteiger partial charge on any atom is -0.388 e. The van der Waals surface area contributed by atoms with Crippen LogP contribution >= 0.6 is 27.5 Å². The fourth-order valence-corrected chi connectivity index (χ4v) is 2.37. The fourth-order valence-electron chi connectivity index (χ4n) is 1.77. The van der Waals surface area contributed by atoms with Crippen molar-refractivity contribution in [1.82, 2.24) is 0 Å². The highest BCUT2D eigenvalue weighted by molar-refractivity contribution is 9.10. The molecule has 1 N–H and O–H groups in total. The number of aliphatic hydroxyl groups excluding tert-OH is 1. The summed E-state index contributed by atoms with van der Waals surface area (Å²) < 4.78 is 14.2. The summed E-state index contributed by atoms with van der Waals surface area (Å²) in [6.45, 7) is 0. The lowest BCUT2D eigenvalue weighted by molar-refractivity contribution is 0.173. The summed E-state index contributed by atoms with van der Waals surface area (Å²) in [5.74, 6) is -0.424. The molecule has 0 bridgehead atoms. The summed E-state index contributed by atoms with van der Waals surface area (Å²) in [5, 5.41) is 10.7. The Morgan fingerprint density at radius 1 is 1.22 bits per heavy atom. The van der Waals surface area contributed by atoms with Crippen molar-refractivity contribution in [2.24, 2.45) is 0 Å². The molecule has 0 spiro atoms. The molecule has 0 aliphatic rings. The predicted molar refractivity (Wildman–Crippen MR) is 74.2 cm³/mol. The molecule has 1 unspecified atom stereocenters. The first kappa shape index (κ1) is 13.5. The highest BCUT2D eigenvalue weighted by Crippen LogP contribution is 2.26. The Bertz CT molecular complexity index is 559. The predicted octanol–water partition coefficient (Wildman–Crippen LogP) is 4.52. The third kappa shape index (κ3) is 3.10. The fraction of sp³-hybridized carbons (Fsp3) is 0.143. The van der Waals surface area contributed by atoms with Crippen molar-refractivity contribution in [3.63, 3.8) is 0 Å². The molecule has 2 aromatic carbocycles. The summed E-state index contributed by atoms with van der Waals surface area (Å²) in [6, 6.07) is 12.1. The van der Waals surface area contributed by atoms with E-state index in [-0.39, 0.29) is 5.56 Å². The van der Waals surface area contributed by atoms with Crippen LogP contribution in [0.4, 0.5) is 4.39 Å². The van der Waals surface area contributed by atoms with Gasteiger partial charge in [0.25, 0.3) is 0 Å². The summed E-state index contributed by atoms with van der Waals surface area (Å²) in [7, 11) is 0. The maximum atomic E-state index is 13.8. The van der Waals surface area contributed by atoms with Gasteiger partial charge in [-0.1, -0.05) is 35.9 Å². The number of benzene rings is 2. The largest absolute Gasteiger partial charge is 0.388 e. The Kier molecular flexibility index (Phi) is 4.38. The van der Waals surface area contributed by atoms with Gasteiger partial charge in [-0.2, -0.15) is 0 Å². The van der Waals surface area contributed by atoms with Gasteiger partial charge in [-0.25, -0.2) is 4.39 Å². The molecule has 2 rings (SSSR count). The first-order valence-corrected chi connectivity index (χ1v) is 6.61. The molecule has 18 heavy (non-hydrogen) atoms. The second kappa shape index (κ2) is 5.83. The Labute approximate surface area is 118 Å². The van der Waals surface area contributed by atoms with E-state index in [1.807, 2.05) is 12.1 Å².